The number of aromatic nitrogens is 1. The van der Waals surface area contributed by atoms with Gasteiger partial charge in [-0.1, -0.05) is 0 Å². The molecule has 0 saturated carbocycles. The maximum atomic E-state index is 12.6. The Morgan fingerprint density at radius 3 is 2.75 bits per heavy atom. The number of nitrogens with one attached hydrogen (secondary N) is 2. The summed E-state index contributed by atoms with van der Waals surface area (Å²) in [5.74, 6) is -1.78. The molecule has 3 N–H and O–H groups in total. The number of hydrogen-bond donors (Lipinski definition) is 3. The van der Waals surface area contributed by atoms with Crippen molar-refractivity contribution in [1.82, 2.24) is 10.3 Å². The Labute approximate surface area is 181 Å². The fraction of sp³-hybridized carbons (Fsp3) is 0.174. The molecule has 0 fully saturated rings. The third kappa shape index (κ3) is 4.41. The van der Waals surface area contributed by atoms with E-state index in [9.17, 15) is 24.6 Å². The maximum Gasteiger partial charge on any atom is 0.336 e. The second kappa shape index (κ2) is 8.46. The zero-order valence-corrected chi connectivity index (χ0v) is 17.0. The Morgan fingerprint density at radius 2 is 1.97 bits per heavy atom. The first kappa shape index (κ1) is 21.0. The van der Waals surface area contributed by atoms with Crippen molar-refractivity contribution in [2.75, 3.05) is 0 Å². The average molecular weight is 435 g/mol. The summed E-state index contributed by atoms with van der Waals surface area (Å²) >= 11 is 0. The summed E-state index contributed by atoms with van der Waals surface area (Å²) in [5.41, 5.74) is 1.12. The van der Waals surface area contributed by atoms with Crippen molar-refractivity contribution < 1.29 is 29.0 Å². The molecule has 9 heteroatoms. The molecule has 2 heterocycles. The maximum absolute atomic E-state index is 12.6. The number of carboxylic acids is 1. The van der Waals surface area contributed by atoms with E-state index in [1.54, 1.807) is 30.5 Å². The molecule has 0 bridgehead atoms. The van der Waals surface area contributed by atoms with E-state index < -0.39 is 29.6 Å². The van der Waals surface area contributed by atoms with Crippen LogP contribution in [0.25, 0.3) is 21.9 Å². The van der Waals surface area contributed by atoms with E-state index in [4.69, 9.17) is 9.15 Å². The predicted octanol–water partition coefficient (Wildman–Crippen LogP) is 1.22. The number of carbonyl (C=O) groups is 2. The predicted molar refractivity (Wildman–Crippen MR) is 113 cm³/mol. The van der Waals surface area contributed by atoms with Crippen molar-refractivity contribution in [3.63, 3.8) is 0 Å². The summed E-state index contributed by atoms with van der Waals surface area (Å²) in [5, 5.41) is 25.1. The number of ether oxygens (including phenoxy) is 1. The number of H-pyrrole nitrogens is 1. The number of hydrogen-bond acceptors (Lipinski definition) is 7. The third-order valence-electron chi connectivity index (χ3n) is 5.05. The molecule has 1 amide bonds. The van der Waals surface area contributed by atoms with Gasteiger partial charge in [0.1, 0.15) is 17.1 Å². The van der Waals surface area contributed by atoms with Gasteiger partial charge in [-0.15, -0.1) is 0 Å². The number of aliphatic carboxylic acids is 1. The number of benzene rings is 2. The number of amides is 1. The van der Waals surface area contributed by atoms with Gasteiger partial charge in [0.25, 0.3) is 5.91 Å². The highest BCUT2D eigenvalue weighted by atomic mass is 16.5. The second-order valence-electron chi connectivity index (χ2n) is 7.34. The van der Waals surface area contributed by atoms with Gasteiger partial charge in [-0.2, -0.15) is 0 Å². The lowest BCUT2D eigenvalue weighted by Gasteiger charge is -2.22. The van der Waals surface area contributed by atoms with Crippen LogP contribution in [0.3, 0.4) is 0 Å². The Kier molecular flexibility index (Phi) is 5.55. The quantitative estimate of drug-likeness (QED) is 0.370. The van der Waals surface area contributed by atoms with Crippen LogP contribution in [0, 0.1) is 0 Å². The van der Waals surface area contributed by atoms with Crippen molar-refractivity contribution >= 4 is 33.7 Å². The molecule has 2 aromatic heterocycles. The highest BCUT2D eigenvalue weighted by Crippen LogP contribution is 2.24. The Bertz CT molecular complexity index is 1370. The fourth-order valence-corrected chi connectivity index (χ4v) is 3.41. The van der Waals surface area contributed by atoms with Crippen LogP contribution in [0.5, 0.6) is 11.5 Å². The molecule has 9 nitrogen and oxygen atoms in total. The largest absolute Gasteiger partial charge is 0.548 e. The SMILES string of the molecule is C[C@@H](Oc1ccc2ccc(=O)oc2c1)C(=O)N[C@@H](Cc1c[nH]c2ccc(O)cc12)C(=O)[O-]. The first-order chi connectivity index (χ1) is 15.3. The van der Waals surface area contributed by atoms with E-state index in [0.717, 1.165) is 5.52 Å². The molecule has 32 heavy (non-hydrogen) atoms. The van der Waals surface area contributed by atoms with Crippen LogP contribution < -0.4 is 20.8 Å². The molecule has 4 rings (SSSR count). The van der Waals surface area contributed by atoms with Crippen molar-refractivity contribution in [3.05, 3.63) is 70.7 Å². The van der Waals surface area contributed by atoms with Gasteiger partial charge in [0.2, 0.25) is 0 Å². The lowest BCUT2D eigenvalue weighted by atomic mass is 10.0. The monoisotopic (exact) mass is 435 g/mol. The van der Waals surface area contributed by atoms with E-state index in [0.29, 0.717) is 21.9 Å². The van der Waals surface area contributed by atoms with E-state index in [1.165, 1.54) is 31.2 Å². The second-order valence-corrected chi connectivity index (χ2v) is 7.34. The number of carbonyl (C=O) groups excluding carboxylic acids is 2. The molecule has 0 aliphatic heterocycles. The molecule has 0 aliphatic rings. The van der Waals surface area contributed by atoms with Crippen LogP contribution in [-0.4, -0.2) is 34.1 Å². The van der Waals surface area contributed by atoms with Crippen LogP contribution in [0.15, 0.2) is 63.9 Å². The Morgan fingerprint density at radius 1 is 1.19 bits per heavy atom. The van der Waals surface area contributed by atoms with Gasteiger partial charge >= 0.3 is 5.63 Å². The topological polar surface area (TPSA) is 145 Å². The molecule has 0 unspecified atom stereocenters. The minimum absolute atomic E-state index is 0.0422. The summed E-state index contributed by atoms with van der Waals surface area (Å²) in [6.07, 6.45) is 0.539. The molecule has 0 saturated heterocycles. The molecule has 2 aromatic carbocycles. The summed E-state index contributed by atoms with van der Waals surface area (Å²) in [6.45, 7) is 1.47. The number of rotatable bonds is 7. The lowest BCUT2D eigenvalue weighted by Crippen LogP contribution is -2.52. The van der Waals surface area contributed by atoms with Crippen molar-refractivity contribution in [2.45, 2.75) is 25.5 Å². The zero-order chi connectivity index (χ0) is 22.8. The number of aromatic amines is 1. The van der Waals surface area contributed by atoms with Crippen LogP contribution in [0.4, 0.5) is 0 Å². The molecule has 0 spiro atoms. The minimum atomic E-state index is -1.45. The number of phenols is 1. The normalized spacial score (nSPS) is 13.0. The van der Waals surface area contributed by atoms with Gasteiger partial charge in [0.05, 0.1) is 12.0 Å². The first-order valence-electron chi connectivity index (χ1n) is 9.81. The van der Waals surface area contributed by atoms with Crippen LogP contribution in [0.2, 0.25) is 0 Å². The molecule has 4 aromatic rings. The molecule has 2 atom stereocenters. The van der Waals surface area contributed by atoms with Crippen LogP contribution in [-0.2, 0) is 16.0 Å². The molecule has 0 aliphatic carbocycles. The molecular weight excluding hydrogens is 416 g/mol. The van der Waals surface area contributed by atoms with E-state index in [2.05, 4.69) is 10.3 Å². The van der Waals surface area contributed by atoms with Gasteiger partial charge in [-0.05, 0) is 48.9 Å². The highest BCUT2D eigenvalue weighted by Gasteiger charge is 2.21. The molecule has 0 radical (unpaired) electrons. The number of fused-ring (bicyclic) bond motifs is 2. The number of aromatic hydroxyl groups is 1. The zero-order valence-electron chi connectivity index (χ0n) is 17.0. The summed E-state index contributed by atoms with van der Waals surface area (Å²) in [4.78, 5) is 38.6. The van der Waals surface area contributed by atoms with Crippen molar-refractivity contribution in [3.8, 4) is 11.5 Å². The van der Waals surface area contributed by atoms with Gasteiger partial charge in [-0.25, -0.2) is 4.79 Å². The highest BCUT2D eigenvalue weighted by molar-refractivity contribution is 5.88. The number of phenolic OH excluding ortho intramolecular Hbond substituents is 1. The van der Waals surface area contributed by atoms with Crippen molar-refractivity contribution in [1.29, 1.82) is 0 Å². The number of carboxylic acid groups (broad SMARTS) is 1. The Hall–Kier alpha value is -4.27. The minimum Gasteiger partial charge on any atom is -0.548 e. The Balaban J connectivity index is 1.47. The summed E-state index contributed by atoms with van der Waals surface area (Å²) < 4.78 is 10.7. The van der Waals surface area contributed by atoms with Gasteiger partial charge in [0.15, 0.2) is 6.10 Å². The van der Waals surface area contributed by atoms with Crippen molar-refractivity contribution in [2.24, 2.45) is 0 Å². The molecule has 164 valence electrons. The fourth-order valence-electron chi connectivity index (χ4n) is 3.41. The average Bonchev–Trinajstić information content (AvgIpc) is 3.14. The third-order valence-corrected chi connectivity index (χ3v) is 5.05. The smallest absolute Gasteiger partial charge is 0.336 e. The van der Waals surface area contributed by atoms with Gasteiger partial charge < -0.3 is 34.5 Å². The van der Waals surface area contributed by atoms with Crippen LogP contribution >= 0.6 is 0 Å². The van der Waals surface area contributed by atoms with E-state index in [-0.39, 0.29) is 17.9 Å². The molecular formula is C23H19N2O7-. The summed E-state index contributed by atoms with van der Waals surface area (Å²) in [7, 11) is 0. The van der Waals surface area contributed by atoms with E-state index in [1.807, 2.05) is 0 Å². The van der Waals surface area contributed by atoms with Gasteiger partial charge in [-0.3, -0.25) is 4.79 Å². The standard InChI is InChI=1S/C23H20N2O7/c1-12(31-16-5-2-13-3-7-21(27)32-20(13)10-16)22(28)25-19(23(29)30)8-14-11-24-18-6-4-15(26)9-17(14)18/h2-7,9-12,19,24,26H,8H2,1H3,(H,25,28)(H,29,30)/p-1/t12-,19+/m1/s1. The van der Waals surface area contributed by atoms with E-state index >= 15 is 0 Å². The lowest BCUT2D eigenvalue weighted by molar-refractivity contribution is -0.308. The first-order valence-corrected chi connectivity index (χ1v) is 9.81. The van der Waals surface area contributed by atoms with Gasteiger partial charge in [0, 0.05) is 41.0 Å². The van der Waals surface area contributed by atoms with Crippen LogP contribution in [0.1, 0.15) is 12.5 Å². The summed E-state index contributed by atoms with van der Waals surface area (Å²) in [6, 6.07) is 11.1.